The van der Waals surface area contributed by atoms with Crippen molar-refractivity contribution in [2.45, 2.75) is 13.0 Å². The summed E-state index contributed by atoms with van der Waals surface area (Å²) in [6, 6.07) is 14.3. The van der Waals surface area contributed by atoms with E-state index >= 15 is 0 Å². The molecule has 0 aliphatic rings. The molecule has 4 rings (SSSR count). The van der Waals surface area contributed by atoms with Crippen molar-refractivity contribution in [2.75, 3.05) is 11.9 Å². The number of aryl methyl sites for hydroxylation is 1. The summed E-state index contributed by atoms with van der Waals surface area (Å²) >= 11 is 5.79. The fraction of sp³-hybridized carbons (Fsp3) is 0.125. The van der Waals surface area contributed by atoms with Crippen molar-refractivity contribution in [1.82, 2.24) is 20.3 Å². The molecule has 0 saturated carbocycles. The molecule has 0 spiro atoms. The predicted molar refractivity (Wildman–Crippen MR) is 127 cm³/mol. The molecule has 1 unspecified atom stereocenters. The summed E-state index contributed by atoms with van der Waals surface area (Å²) in [5.41, 5.74) is 3.49. The molecule has 0 saturated heterocycles. The van der Waals surface area contributed by atoms with Gasteiger partial charge in [-0.25, -0.2) is 19.2 Å². The second-order valence-corrected chi connectivity index (χ2v) is 7.82. The van der Waals surface area contributed by atoms with Gasteiger partial charge in [0.15, 0.2) is 0 Å². The Bertz CT molecular complexity index is 1300. The van der Waals surface area contributed by atoms with E-state index in [1.54, 1.807) is 18.5 Å². The van der Waals surface area contributed by atoms with Crippen LogP contribution in [-0.4, -0.2) is 32.8 Å². The number of aromatic nitrogens is 3. The zero-order chi connectivity index (χ0) is 24.1. The minimum absolute atomic E-state index is 0.110. The second-order valence-electron chi connectivity index (χ2n) is 7.41. The molecule has 34 heavy (non-hydrogen) atoms. The Kier molecular flexibility index (Phi) is 7.05. The standard InChI is InChI=1S/C24H21ClFN5O3/c1-14-11-28-23(29-17-5-3-2-4-6-17)31-22(14)16-10-21(27-12-16)34-24(33)30-20(13-32)15-7-8-19(26)18(25)9-15/h2-12,20,27,32H,13H2,1H3,(H,30,33)(H,28,29,31). The van der Waals surface area contributed by atoms with E-state index in [0.29, 0.717) is 22.8 Å². The molecule has 4 N–H and O–H groups in total. The highest BCUT2D eigenvalue weighted by atomic mass is 35.5. The van der Waals surface area contributed by atoms with Crippen LogP contribution in [0.25, 0.3) is 11.3 Å². The van der Waals surface area contributed by atoms with Crippen LogP contribution in [-0.2, 0) is 0 Å². The number of carbonyl (C=O) groups is 1. The highest BCUT2D eigenvalue weighted by Gasteiger charge is 2.18. The van der Waals surface area contributed by atoms with Gasteiger partial charge in [-0.3, -0.25) is 0 Å². The monoisotopic (exact) mass is 481 g/mol. The third-order valence-corrected chi connectivity index (χ3v) is 5.24. The molecular formula is C24H21ClFN5O3. The lowest BCUT2D eigenvalue weighted by atomic mass is 10.1. The van der Waals surface area contributed by atoms with Gasteiger partial charge in [-0.15, -0.1) is 0 Å². The van der Waals surface area contributed by atoms with Gasteiger partial charge in [0.25, 0.3) is 0 Å². The number of nitrogens with one attached hydrogen (secondary N) is 3. The van der Waals surface area contributed by atoms with E-state index in [1.807, 2.05) is 37.3 Å². The third-order valence-electron chi connectivity index (χ3n) is 4.95. The zero-order valence-corrected chi connectivity index (χ0v) is 18.8. The number of hydrogen-bond donors (Lipinski definition) is 4. The first kappa shape index (κ1) is 23.2. The topological polar surface area (TPSA) is 112 Å². The lowest BCUT2D eigenvalue weighted by Crippen LogP contribution is -2.33. The number of anilines is 2. The van der Waals surface area contributed by atoms with Crippen molar-refractivity contribution >= 4 is 29.3 Å². The van der Waals surface area contributed by atoms with E-state index in [4.69, 9.17) is 16.3 Å². The van der Waals surface area contributed by atoms with Crippen molar-refractivity contribution in [2.24, 2.45) is 0 Å². The smallest absolute Gasteiger partial charge is 0.394 e. The summed E-state index contributed by atoms with van der Waals surface area (Å²) in [6.07, 6.45) is 2.56. The van der Waals surface area contributed by atoms with Crippen LogP contribution in [0.5, 0.6) is 5.88 Å². The molecule has 2 aromatic heterocycles. The van der Waals surface area contributed by atoms with Crippen LogP contribution < -0.4 is 15.4 Å². The van der Waals surface area contributed by atoms with Gasteiger partial charge < -0.3 is 25.5 Å². The first-order chi connectivity index (χ1) is 16.4. The first-order valence-electron chi connectivity index (χ1n) is 10.3. The molecular weight excluding hydrogens is 461 g/mol. The Morgan fingerprint density at radius 1 is 1.24 bits per heavy atom. The molecule has 174 valence electrons. The molecule has 0 aliphatic carbocycles. The minimum Gasteiger partial charge on any atom is -0.394 e. The largest absolute Gasteiger partial charge is 0.414 e. The molecule has 2 heterocycles. The summed E-state index contributed by atoms with van der Waals surface area (Å²) in [5.74, 6) is 0.0135. The maximum Gasteiger partial charge on any atom is 0.414 e. The van der Waals surface area contributed by atoms with E-state index in [2.05, 4.69) is 25.6 Å². The number of rotatable bonds is 7. The van der Waals surface area contributed by atoms with Crippen molar-refractivity contribution in [3.63, 3.8) is 0 Å². The molecule has 0 fully saturated rings. The Balaban J connectivity index is 1.45. The number of amides is 1. The van der Waals surface area contributed by atoms with Crippen molar-refractivity contribution < 1.29 is 19.0 Å². The fourth-order valence-corrected chi connectivity index (χ4v) is 3.44. The number of benzene rings is 2. The van der Waals surface area contributed by atoms with Crippen LogP contribution in [0.2, 0.25) is 5.02 Å². The predicted octanol–water partition coefficient (Wildman–Crippen LogP) is 5.14. The molecule has 0 bridgehead atoms. The summed E-state index contributed by atoms with van der Waals surface area (Å²) < 4.78 is 18.7. The van der Waals surface area contributed by atoms with Gasteiger partial charge in [0.05, 0.1) is 23.4 Å². The van der Waals surface area contributed by atoms with Crippen LogP contribution in [0.3, 0.4) is 0 Å². The molecule has 8 nitrogen and oxygen atoms in total. The number of halogens is 2. The van der Waals surface area contributed by atoms with E-state index < -0.39 is 24.6 Å². The third kappa shape index (κ3) is 5.51. The van der Waals surface area contributed by atoms with Gasteiger partial charge in [-0.2, -0.15) is 0 Å². The Morgan fingerprint density at radius 2 is 2.03 bits per heavy atom. The van der Waals surface area contributed by atoms with Gasteiger partial charge in [-0.1, -0.05) is 35.9 Å². The maximum atomic E-state index is 13.4. The summed E-state index contributed by atoms with van der Waals surface area (Å²) in [5, 5.41) is 15.2. The molecule has 10 heteroatoms. The summed E-state index contributed by atoms with van der Waals surface area (Å²) in [6.45, 7) is 1.45. The van der Waals surface area contributed by atoms with Gasteiger partial charge in [0.1, 0.15) is 5.82 Å². The van der Waals surface area contributed by atoms with E-state index in [0.717, 1.165) is 17.3 Å². The quantitative estimate of drug-likeness (QED) is 0.291. The van der Waals surface area contributed by atoms with Crippen LogP contribution in [0.4, 0.5) is 20.8 Å². The lowest BCUT2D eigenvalue weighted by Gasteiger charge is -2.16. The van der Waals surface area contributed by atoms with Crippen LogP contribution in [0.1, 0.15) is 17.2 Å². The minimum atomic E-state index is -0.823. The number of aliphatic hydroxyl groups excluding tert-OH is 1. The first-order valence-corrected chi connectivity index (χ1v) is 10.7. The van der Waals surface area contributed by atoms with Crippen LogP contribution in [0.15, 0.2) is 67.0 Å². The number of aliphatic hydroxyl groups is 1. The van der Waals surface area contributed by atoms with Gasteiger partial charge in [0.2, 0.25) is 11.8 Å². The number of nitrogens with zero attached hydrogens (tertiary/aromatic N) is 2. The Morgan fingerprint density at radius 3 is 2.76 bits per heavy atom. The molecule has 1 amide bonds. The number of carbonyl (C=O) groups excluding carboxylic acids is 1. The van der Waals surface area contributed by atoms with Crippen molar-refractivity contribution in [3.05, 3.63) is 89.0 Å². The second kappa shape index (κ2) is 10.3. The van der Waals surface area contributed by atoms with Crippen molar-refractivity contribution in [1.29, 1.82) is 0 Å². The van der Waals surface area contributed by atoms with E-state index in [-0.39, 0.29) is 10.9 Å². The van der Waals surface area contributed by atoms with Crippen LogP contribution >= 0.6 is 11.6 Å². The highest BCUT2D eigenvalue weighted by Crippen LogP contribution is 2.27. The average molecular weight is 482 g/mol. The number of ether oxygens (including phenoxy) is 1. The lowest BCUT2D eigenvalue weighted by molar-refractivity contribution is 0.182. The number of para-hydroxylation sites is 1. The normalized spacial score (nSPS) is 11.6. The highest BCUT2D eigenvalue weighted by molar-refractivity contribution is 6.30. The molecule has 2 aromatic carbocycles. The van der Waals surface area contributed by atoms with Gasteiger partial charge >= 0.3 is 6.09 Å². The van der Waals surface area contributed by atoms with Crippen LogP contribution in [0, 0.1) is 12.7 Å². The molecule has 4 aromatic rings. The average Bonchev–Trinajstić information content (AvgIpc) is 3.29. The molecule has 0 radical (unpaired) electrons. The molecule has 1 atom stereocenters. The van der Waals surface area contributed by atoms with Gasteiger partial charge in [0, 0.05) is 29.7 Å². The summed E-state index contributed by atoms with van der Waals surface area (Å²) in [7, 11) is 0. The SMILES string of the molecule is Cc1cnc(Nc2ccccc2)nc1-c1c[nH]c(OC(=O)NC(CO)c2ccc(F)c(Cl)c2)c1. The number of aromatic amines is 1. The Labute approximate surface area is 199 Å². The van der Waals surface area contributed by atoms with E-state index in [1.165, 1.54) is 12.1 Å². The fourth-order valence-electron chi connectivity index (χ4n) is 3.25. The number of H-pyrrole nitrogens is 1. The van der Waals surface area contributed by atoms with Crippen molar-refractivity contribution in [3.8, 4) is 17.1 Å². The maximum absolute atomic E-state index is 13.4. The number of hydrogen-bond acceptors (Lipinski definition) is 6. The van der Waals surface area contributed by atoms with Gasteiger partial charge in [-0.05, 0) is 42.3 Å². The van der Waals surface area contributed by atoms with E-state index in [9.17, 15) is 14.3 Å². The molecule has 0 aliphatic heterocycles. The summed E-state index contributed by atoms with van der Waals surface area (Å²) in [4.78, 5) is 24.1. The zero-order valence-electron chi connectivity index (χ0n) is 18.0. The Hall–Kier alpha value is -3.95.